The van der Waals surface area contributed by atoms with Crippen molar-refractivity contribution in [1.29, 1.82) is 0 Å². The number of thiophene rings is 2. The van der Waals surface area contributed by atoms with Gasteiger partial charge in [-0.1, -0.05) is 0 Å². The molecule has 0 fully saturated rings. The Morgan fingerprint density at radius 1 is 1.20 bits per heavy atom. The van der Waals surface area contributed by atoms with Gasteiger partial charge in [-0.15, -0.1) is 22.7 Å². The van der Waals surface area contributed by atoms with E-state index in [1.165, 1.54) is 19.1 Å². The molecule has 0 radical (unpaired) electrons. The minimum absolute atomic E-state index is 0.00343. The van der Waals surface area contributed by atoms with Gasteiger partial charge in [0.05, 0.1) is 13.6 Å². The van der Waals surface area contributed by atoms with Gasteiger partial charge in [0.25, 0.3) is 0 Å². The fourth-order valence-electron chi connectivity index (χ4n) is 1.27. The van der Waals surface area contributed by atoms with E-state index >= 15 is 0 Å². The molecule has 0 spiro atoms. The van der Waals surface area contributed by atoms with Crippen LogP contribution >= 0.6 is 54.5 Å². The topological polar surface area (TPSA) is 26.0 Å². The second-order valence-corrected chi connectivity index (χ2v) is 8.12. The van der Waals surface area contributed by atoms with Gasteiger partial charge in [-0.05, 0) is 62.5 Å². The van der Waals surface area contributed by atoms with Crippen molar-refractivity contribution in [3.05, 3.63) is 41.1 Å². The van der Waals surface area contributed by atoms with Crippen molar-refractivity contribution >= 4 is 54.5 Å². The van der Waals surface area contributed by atoms with E-state index in [1.54, 1.807) is 22.7 Å². The first kappa shape index (κ1) is 11.8. The van der Waals surface area contributed by atoms with Crippen molar-refractivity contribution in [2.45, 2.75) is 13.0 Å². The number of aryl methyl sites for hydroxylation is 1. The lowest BCUT2D eigenvalue weighted by atomic mass is 10.2. The van der Waals surface area contributed by atoms with E-state index < -0.39 is 0 Å². The highest BCUT2D eigenvalue weighted by Crippen LogP contribution is 2.36. The van der Waals surface area contributed by atoms with Crippen LogP contribution in [0.1, 0.15) is 21.4 Å². The van der Waals surface area contributed by atoms with Crippen LogP contribution in [0.5, 0.6) is 0 Å². The summed E-state index contributed by atoms with van der Waals surface area (Å²) in [5, 5.41) is 0. The maximum absolute atomic E-state index is 6.19. The average Bonchev–Trinajstić information content (AvgIpc) is 2.74. The lowest BCUT2D eigenvalue weighted by Crippen LogP contribution is -2.07. The normalized spacial score (nSPS) is 13.1. The van der Waals surface area contributed by atoms with E-state index in [9.17, 15) is 0 Å². The minimum atomic E-state index is -0.00343. The number of halogens is 2. The molecule has 2 rings (SSSR count). The summed E-state index contributed by atoms with van der Waals surface area (Å²) < 4.78 is 2.30. The molecule has 1 nitrogen and oxygen atoms in total. The molecule has 0 bridgehead atoms. The van der Waals surface area contributed by atoms with Crippen LogP contribution in [0.2, 0.25) is 0 Å². The summed E-state index contributed by atoms with van der Waals surface area (Å²) in [5.41, 5.74) is 7.44. The predicted molar refractivity (Wildman–Crippen MR) is 74.8 cm³/mol. The van der Waals surface area contributed by atoms with Gasteiger partial charge >= 0.3 is 0 Å². The highest BCUT2D eigenvalue weighted by Gasteiger charge is 2.14. The molecular weight excluding hydrogens is 358 g/mol. The third-order valence-corrected chi connectivity index (χ3v) is 6.01. The van der Waals surface area contributed by atoms with Gasteiger partial charge in [-0.25, -0.2) is 0 Å². The Balaban J connectivity index is 2.31. The van der Waals surface area contributed by atoms with Crippen molar-refractivity contribution in [2.75, 3.05) is 0 Å². The molecule has 1 atom stereocenters. The lowest BCUT2D eigenvalue weighted by molar-refractivity contribution is 0.916. The van der Waals surface area contributed by atoms with E-state index in [2.05, 4.69) is 50.9 Å². The molecule has 0 saturated heterocycles. The zero-order chi connectivity index (χ0) is 11.0. The van der Waals surface area contributed by atoms with Crippen LogP contribution in [0.4, 0.5) is 0 Å². The summed E-state index contributed by atoms with van der Waals surface area (Å²) in [6, 6.07) is 6.25. The molecule has 5 heteroatoms. The Morgan fingerprint density at radius 2 is 1.93 bits per heavy atom. The fourth-order valence-corrected chi connectivity index (χ4v) is 4.38. The molecule has 2 aromatic rings. The standard InChI is InChI=1S/C10H9Br2NS2/c1-5-4-7(15-10(5)12)9(13)6-2-3-8(11)14-6/h2-4,9H,13H2,1H3. The summed E-state index contributed by atoms with van der Waals surface area (Å²) in [7, 11) is 0. The van der Waals surface area contributed by atoms with Gasteiger partial charge in [0.2, 0.25) is 0 Å². The number of rotatable bonds is 2. The Bertz CT molecular complexity index is 456. The quantitative estimate of drug-likeness (QED) is 0.819. The van der Waals surface area contributed by atoms with Gasteiger partial charge in [0.15, 0.2) is 0 Å². The predicted octanol–water partition coefficient (Wildman–Crippen LogP) is 4.69. The Morgan fingerprint density at radius 3 is 2.40 bits per heavy atom. The van der Waals surface area contributed by atoms with E-state index in [4.69, 9.17) is 5.73 Å². The SMILES string of the molecule is Cc1cc(C(N)c2ccc(Br)s2)sc1Br. The molecule has 0 aliphatic rings. The smallest absolute Gasteiger partial charge is 0.0740 e. The van der Waals surface area contributed by atoms with Crippen molar-refractivity contribution in [1.82, 2.24) is 0 Å². The third kappa shape index (κ3) is 2.53. The van der Waals surface area contributed by atoms with Crippen LogP contribution in [-0.4, -0.2) is 0 Å². The third-order valence-electron chi connectivity index (χ3n) is 2.08. The first-order valence-electron chi connectivity index (χ1n) is 4.34. The highest BCUT2D eigenvalue weighted by molar-refractivity contribution is 9.11. The van der Waals surface area contributed by atoms with Crippen molar-refractivity contribution in [3.8, 4) is 0 Å². The zero-order valence-corrected chi connectivity index (χ0v) is 12.8. The molecule has 0 saturated carbocycles. The number of hydrogen-bond acceptors (Lipinski definition) is 3. The van der Waals surface area contributed by atoms with Gasteiger partial charge < -0.3 is 5.73 Å². The van der Waals surface area contributed by atoms with Gasteiger partial charge in [-0.2, -0.15) is 0 Å². The molecule has 15 heavy (non-hydrogen) atoms. The molecule has 2 aromatic heterocycles. The second-order valence-electron chi connectivity index (χ2n) is 3.23. The first-order chi connectivity index (χ1) is 7.08. The van der Waals surface area contributed by atoms with Gasteiger partial charge in [0, 0.05) is 9.75 Å². The number of nitrogens with two attached hydrogens (primary N) is 1. The van der Waals surface area contributed by atoms with Crippen LogP contribution in [0.25, 0.3) is 0 Å². The van der Waals surface area contributed by atoms with Gasteiger partial charge in [0.1, 0.15) is 0 Å². The maximum atomic E-state index is 6.19. The van der Waals surface area contributed by atoms with E-state index in [-0.39, 0.29) is 6.04 Å². The van der Waals surface area contributed by atoms with Crippen molar-refractivity contribution < 1.29 is 0 Å². The summed E-state index contributed by atoms with van der Waals surface area (Å²) >= 11 is 10.4. The summed E-state index contributed by atoms with van der Waals surface area (Å²) in [4.78, 5) is 2.39. The molecule has 0 amide bonds. The van der Waals surface area contributed by atoms with Crippen LogP contribution < -0.4 is 5.73 Å². The highest BCUT2D eigenvalue weighted by atomic mass is 79.9. The van der Waals surface area contributed by atoms with Crippen LogP contribution in [0.15, 0.2) is 25.8 Å². The largest absolute Gasteiger partial charge is 0.319 e. The maximum Gasteiger partial charge on any atom is 0.0740 e. The van der Waals surface area contributed by atoms with Crippen LogP contribution in [-0.2, 0) is 0 Å². The Labute approximate surface area is 114 Å². The number of hydrogen-bond donors (Lipinski definition) is 1. The first-order valence-corrected chi connectivity index (χ1v) is 7.56. The molecule has 0 aliphatic heterocycles. The monoisotopic (exact) mass is 365 g/mol. The fraction of sp³-hybridized carbons (Fsp3) is 0.200. The van der Waals surface area contributed by atoms with E-state index in [1.807, 2.05) is 6.07 Å². The van der Waals surface area contributed by atoms with Crippen molar-refractivity contribution in [3.63, 3.8) is 0 Å². The average molecular weight is 367 g/mol. The molecule has 80 valence electrons. The molecule has 0 aliphatic carbocycles. The Hall–Kier alpha value is 0.320. The van der Waals surface area contributed by atoms with Gasteiger partial charge in [-0.3, -0.25) is 0 Å². The van der Waals surface area contributed by atoms with E-state index in [0.717, 1.165) is 3.79 Å². The molecule has 2 N–H and O–H groups in total. The van der Waals surface area contributed by atoms with Crippen LogP contribution in [0.3, 0.4) is 0 Å². The van der Waals surface area contributed by atoms with Crippen molar-refractivity contribution in [2.24, 2.45) is 5.73 Å². The van der Waals surface area contributed by atoms with E-state index in [0.29, 0.717) is 0 Å². The lowest BCUT2D eigenvalue weighted by Gasteiger charge is -2.05. The summed E-state index contributed by atoms with van der Waals surface area (Å²) in [5.74, 6) is 0. The minimum Gasteiger partial charge on any atom is -0.319 e. The summed E-state index contributed by atoms with van der Waals surface area (Å²) in [6.07, 6.45) is 0. The molecule has 2 heterocycles. The second kappa shape index (κ2) is 4.67. The molecule has 0 aromatic carbocycles. The van der Waals surface area contributed by atoms with Crippen LogP contribution in [0, 0.1) is 6.92 Å². The zero-order valence-electron chi connectivity index (χ0n) is 7.96. The Kier molecular flexibility index (Phi) is 3.67. The molecule has 1 unspecified atom stereocenters. The summed E-state index contributed by atoms with van der Waals surface area (Å²) in [6.45, 7) is 2.08. The molecular formula is C10H9Br2NS2.